The molecule has 11 heteroatoms. The van der Waals surface area contributed by atoms with Crippen LogP contribution in [0.2, 0.25) is 10.0 Å². The number of hydrogen-bond acceptors (Lipinski definition) is 4. The molecule has 0 saturated heterocycles. The van der Waals surface area contributed by atoms with Crippen molar-refractivity contribution in [2.24, 2.45) is 5.10 Å². The van der Waals surface area contributed by atoms with Crippen LogP contribution in [0.5, 0.6) is 5.75 Å². The van der Waals surface area contributed by atoms with Crippen LogP contribution in [0, 0.1) is 0 Å². The average molecular weight is 475 g/mol. The SMILES string of the molecule is O=C(NN=Cc1ccc(-c2cc(Cl)ccc2Cl)o1)c1cccc(OC(F)(F)C(F)F)c1. The summed E-state index contributed by atoms with van der Waals surface area (Å²) in [4.78, 5) is 12.1. The lowest BCUT2D eigenvalue weighted by molar-refractivity contribution is -0.253. The van der Waals surface area contributed by atoms with Gasteiger partial charge in [-0.25, -0.2) is 5.43 Å². The fourth-order valence-electron chi connectivity index (χ4n) is 2.37. The zero-order valence-corrected chi connectivity index (χ0v) is 16.8. The number of alkyl halides is 4. The number of furan rings is 1. The first kappa shape index (κ1) is 22.6. The lowest BCUT2D eigenvalue weighted by Crippen LogP contribution is -2.33. The number of hydrogen-bond donors (Lipinski definition) is 1. The number of benzene rings is 2. The fourth-order valence-corrected chi connectivity index (χ4v) is 2.76. The van der Waals surface area contributed by atoms with Crippen molar-refractivity contribution < 1.29 is 31.5 Å². The predicted molar refractivity (Wildman–Crippen MR) is 107 cm³/mol. The van der Waals surface area contributed by atoms with E-state index in [9.17, 15) is 22.4 Å². The smallest absolute Gasteiger partial charge is 0.455 e. The predicted octanol–water partition coefficient (Wildman–Crippen LogP) is 6.25. The summed E-state index contributed by atoms with van der Waals surface area (Å²) in [6, 6.07) is 12.4. The van der Waals surface area contributed by atoms with E-state index >= 15 is 0 Å². The van der Waals surface area contributed by atoms with Crippen molar-refractivity contribution in [2.75, 3.05) is 0 Å². The molecule has 5 nitrogen and oxygen atoms in total. The molecule has 1 N–H and O–H groups in total. The number of nitrogens with zero attached hydrogens (tertiary/aromatic N) is 1. The van der Waals surface area contributed by atoms with E-state index in [-0.39, 0.29) is 11.3 Å². The molecule has 0 radical (unpaired) electrons. The minimum absolute atomic E-state index is 0.134. The van der Waals surface area contributed by atoms with E-state index in [1.807, 2.05) is 0 Å². The fraction of sp³-hybridized carbons (Fsp3) is 0.100. The van der Waals surface area contributed by atoms with Gasteiger partial charge in [-0.05, 0) is 48.5 Å². The van der Waals surface area contributed by atoms with Crippen molar-refractivity contribution >= 4 is 35.3 Å². The van der Waals surface area contributed by atoms with Gasteiger partial charge in [0.15, 0.2) is 0 Å². The molecular weight excluding hydrogens is 463 g/mol. The van der Waals surface area contributed by atoms with Crippen LogP contribution >= 0.6 is 23.2 Å². The zero-order valence-electron chi connectivity index (χ0n) is 15.3. The summed E-state index contributed by atoms with van der Waals surface area (Å²) in [6.07, 6.45) is -7.50. The van der Waals surface area contributed by atoms with Crippen molar-refractivity contribution in [3.63, 3.8) is 0 Å². The lowest BCUT2D eigenvalue weighted by atomic mass is 10.2. The van der Waals surface area contributed by atoms with E-state index in [1.165, 1.54) is 18.3 Å². The maximum atomic E-state index is 13.0. The molecule has 0 aliphatic heterocycles. The summed E-state index contributed by atoms with van der Waals surface area (Å²) in [5, 5.41) is 4.61. The summed E-state index contributed by atoms with van der Waals surface area (Å²) < 4.78 is 60.0. The molecule has 1 heterocycles. The van der Waals surface area contributed by atoms with Crippen molar-refractivity contribution in [1.82, 2.24) is 5.43 Å². The highest BCUT2D eigenvalue weighted by molar-refractivity contribution is 6.35. The third-order valence-electron chi connectivity index (χ3n) is 3.78. The van der Waals surface area contributed by atoms with Crippen molar-refractivity contribution in [1.29, 1.82) is 0 Å². The molecule has 0 aliphatic rings. The molecule has 0 bridgehead atoms. The molecule has 0 saturated carbocycles. The Morgan fingerprint density at radius 2 is 1.90 bits per heavy atom. The van der Waals surface area contributed by atoms with Crippen molar-refractivity contribution in [3.8, 4) is 17.1 Å². The number of amides is 1. The molecule has 0 unspecified atom stereocenters. The highest BCUT2D eigenvalue weighted by atomic mass is 35.5. The van der Waals surface area contributed by atoms with Crippen LogP contribution in [0.4, 0.5) is 17.6 Å². The van der Waals surface area contributed by atoms with Gasteiger partial charge in [0.2, 0.25) is 0 Å². The van der Waals surface area contributed by atoms with Gasteiger partial charge in [-0.15, -0.1) is 0 Å². The second kappa shape index (κ2) is 9.40. The van der Waals surface area contributed by atoms with Crippen LogP contribution in [0.25, 0.3) is 11.3 Å². The summed E-state index contributed by atoms with van der Waals surface area (Å²) in [5.74, 6) is -0.687. The molecule has 3 rings (SSSR count). The minimum atomic E-state index is -4.68. The van der Waals surface area contributed by atoms with E-state index in [4.69, 9.17) is 27.6 Å². The molecule has 1 aromatic heterocycles. The third-order valence-corrected chi connectivity index (χ3v) is 4.35. The number of hydrazone groups is 1. The van der Waals surface area contributed by atoms with Gasteiger partial charge in [0, 0.05) is 16.1 Å². The summed E-state index contributed by atoms with van der Waals surface area (Å²) in [5.41, 5.74) is 2.59. The second-order valence-corrected chi connectivity index (χ2v) is 6.86. The van der Waals surface area contributed by atoms with Crippen LogP contribution in [-0.2, 0) is 0 Å². The third kappa shape index (κ3) is 5.77. The number of nitrogens with one attached hydrogen (secondary N) is 1. The van der Waals surface area contributed by atoms with Gasteiger partial charge in [-0.1, -0.05) is 29.3 Å². The Morgan fingerprint density at radius 3 is 2.65 bits per heavy atom. The normalized spacial score (nSPS) is 11.8. The van der Waals surface area contributed by atoms with Crippen LogP contribution < -0.4 is 10.2 Å². The van der Waals surface area contributed by atoms with Crippen molar-refractivity contribution in [2.45, 2.75) is 12.5 Å². The van der Waals surface area contributed by atoms with E-state index in [2.05, 4.69) is 15.3 Å². The largest absolute Gasteiger partial charge is 0.461 e. The quantitative estimate of drug-likeness (QED) is 0.250. The van der Waals surface area contributed by atoms with Crippen LogP contribution in [-0.4, -0.2) is 24.7 Å². The van der Waals surface area contributed by atoms with Crippen LogP contribution in [0.15, 0.2) is 64.1 Å². The summed E-state index contributed by atoms with van der Waals surface area (Å²) in [7, 11) is 0. The molecule has 3 aromatic rings. The van der Waals surface area contributed by atoms with E-state index in [0.29, 0.717) is 21.4 Å². The Labute approximate surface area is 183 Å². The molecule has 1 amide bonds. The maximum absolute atomic E-state index is 13.0. The maximum Gasteiger partial charge on any atom is 0.461 e. The Kier molecular flexibility index (Phi) is 6.87. The van der Waals surface area contributed by atoms with E-state index in [1.54, 1.807) is 30.3 Å². The Bertz CT molecular complexity index is 1120. The molecule has 0 atom stereocenters. The lowest BCUT2D eigenvalue weighted by Gasteiger charge is -2.16. The average Bonchev–Trinajstić information content (AvgIpc) is 3.18. The first-order valence-electron chi connectivity index (χ1n) is 8.49. The first-order chi connectivity index (χ1) is 14.7. The van der Waals surface area contributed by atoms with Gasteiger partial charge >= 0.3 is 12.5 Å². The van der Waals surface area contributed by atoms with Crippen LogP contribution in [0.1, 0.15) is 16.1 Å². The van der Waals surface area contributed by atoms with Crippen LogP contribution in [0.3, 0.4) is 0 Å². The molecule has 0 fully saturated rings. The van der Waals surface area contributed by atoms with Gasteiger partial charge in [0.1, 0.15) is 17.3 Å². The number of ether oxygens (including phenoxy) is 1. The number of rotatable bonds is 7. The molecule has 31 heavy (non-hydrogen) atoms. The summed E-state index contributed by atoms with van der Waals surface area (Å²) >= 11 is 12.1. The summed E-state index contributed by atoms with van der Waals surface area (Å²) in [6.45, 7) is 0. The zero-order chi connectivity index (χ0) is 22.6. The number of halogens is 6. The topological polar surface area (TPSA) is 63.8 Å². The van der Waals surface area contributed by atoms with E-state index in [0.717, 1.165) is 12.1 Å². The van der Waals surface area contributed by atoms with Gasteiger partial charge < -0.3 is 9.15 Å². The number of carbonyl (C=O) groups excluding carboxylic acids is 1. The Hall–Kier alpha value is -3.04. The van der Waals surface area contributed by atoms with Gasteiger partial charge in [0.25, 0.3) is 5.91 Å². The Balaban J connectivity index is 1.66. The Morgan fingerprint density at radius 1 is 1.13 bits per heavy atom. The number of carbonyl (C=O) groups is 1. The monoisotopic (exact) mass is 474 g/mol. The highest BCUT2D eigenvalue weighted by Crippen LogP contribution is 2.31. The molecular formula is C20H12Cl2F4N2O3. The minimum Gasteiger partial charge on any atom is -0.455 e. The van der Waals surface area contributed by atoms with E-state index < -0.39 is 24.2 Å². The first-order valence-corrected chi connectivity index (χ1v) is 9.25. The molecule has 162 valence electrons. The standard InChI is InChI=1S/C20H12Cl2F4N2O3/c21-12-4-6-16(22)15(9-12)17-7-5-14(30-17)10-27-28-18(29)11-2-1-3-13(8-11)31-20(25,26)19(23)24/h1-10,19H,(H,28,29). The van der Waals surface area contributed by atoms with Crippen molar-refractivity contribution in [3.05, 3.63) is 76.0 Å². The van der Waals surface area contributed by atoms with Gasteiger partial charge in [0.05, 0.1) is 11.2 Å². The van der Waals surface area contributed by atoms with Gasteiger partial charge in [-0.3, -0.25) is 4.79 Å². The molecule has 0 aliphatic carbocycles. The van der Waals surface area contributed by atoms with Gasteiger partial charge in [-0.2, -0.15) is 22.7 Å². The molecule has 2 aromatic carbocycles. The molecule has 0 spiro atoms. The highest BCUT2D eigenvalue weighted by Gasteiger charge is 2.44. The second-order valence-electron chi connectivity index (χ2n) is 6.02.